The van der Waals surface area contributed by atoms with E-state index in [4.69, 9.17) is 0 Å². The topological polar surface area (TPSA) is 0 Å². The van der Waals surface area contributed by atoms with Crippen molar-refractivity contribution in [1.29, 1.82) is 0 Å². The van der Waals surface area contributed by atoms with Gasteiger partial charge < -0.3 is 0 Å². The van der Waals surface area contributed by atoms with Crippen molar-refractivity contribution < 1.29 is 0 Å². The molecule has 0 aliphatic carbocycles. The van der Waals surface area contributed by atoms with Gasteiger partial charge in [0.1, 0.15) is 0 Å². The molecule has 0 aromatic rings. The van der Waals surface area contributed by atoms with Gasteiger partial charge >= 0.3 is 0 Å². The molecule has 0 bridgehead atoms. The summed E-state index contributed by atoms with van der Waals surface area (Å²) in [4.78, 5) is 0. The number of hydrogen-bond acceptors (Lipinski definition) is 0. The molecule has 0 N–H and O–H groups in total. The minimum Gasteiger partial charge on any atom is -0.197 e. The molecule has 0 atom stereocenters. The normalized spacial score (nSPS) is 2.00. The molecule has 0 fully saturated rings. The Labute approximate surface area is 55.2 Å². The Morgan fingerprint density at radius 1 is 0.500 bits per heavy atom. The van der Waals surface area contributed by atoms with Crippen molar-refractivity contribution in [3.63, 3.8) is 0 Å². The molecule has 0 unspecified atom stereocenters. The molecule has 6 heavy (non-hydrogen) atoms. The standard InChI is InChI=1S/2C2H6.2H2S/c2*1-2;;/h2*1-2H3;2*1H2. The monoisotopic (exact) mass is 128 g/mol. The third kappa shape index (κ3) is 131. The second-order valence-corrected chi connectivity index (χ2v) is 0. The smallest absolute Gasteiger partial charge is 0.0683 e. The Morgan fingerprint density at radius 2 is 0.500 bits per heavy atom. The van der Waals surface area contributed by atoms with Crippen molar-refractivity contribution in [1.82, 2.24) is 0 Å². The highest BCUT2D eigenvalue weighted by Crippen LogP contribution is 1.15. The van der Waals surface area contributed by atoms with E-state index < -0.39 is 0 Å². The summed E-state index contributed by atoms with van der Waals surface area (Å²) in [7, 11) is 0. The summed E-state index contributed by atoms with van der Waals surface area (Å²) < 4.78 is 0. The molecule has 0 spiro atoms. The molecule has 44 valence electrons. The third-order valence-electron chi connectivity index (χ3n) is 0. The Morgan fingerprint density at radius 3 is 0.500 bits per heavy atom. The quantitative estimate of drug-likeness (QED) is 0.469. The molecule has 0 amide bonds. The Hall–Kier alpha value is 0.700. The van der Waals surface area contributed by atoms with Crippen LogP contribution >= 0.6 is 27.0 Å². The van der Waals surface area contributed by atoms with Gasteiger partial charge in [-0.25, -0.2) is 0 Å². The summed E-state index contributed by atoms with van der Waals surface area (Å²) in [6.45, 7) is 8.00. The van der Waals surface area contributed by atoms with Crippen molar-refractivity contribution in [2.45, 2.75) is 27.7 Å². The Balaban J connectivity index is -0.00000000500. The first-order valence-corrected chi connectivity index (χ1v) is 2.00. The summed E-state index contributed by atoms with van der Waals surface area (Å²) in [6, 6.07) is 0. The van der Waals surface area contributed by atoms with Crippen molar-refractivity contribution in [2.75, 3.05) is 0 Å². The Kier molecular flexibility index (Phi) is 1280. The van der Waals surface area contributed by atoms with E-state index in [1.54, 1.807) is 0 Å². The number of hydrogen-bond donors (Lipinski definition) is 0. The van der Waals surface area contributed by atoms with E-state index in [2.05, 4.69) is 0 Å². The largest absolute Gasteiger partial charge is 0.197 e. The summed E-state index contributed by atoms with van der Waals surface area (Å²) in [5.41, 5.74) is 0. The highest BCUT2D eigenvalue weighted by atomic mass is 32.1. The molecule has 0 radical (unpaired) electrons. The van der Waals surface area contributed by atoms with Gasteiger partial charge in [-0.1, -0.05) is 27.7 Å². The maximum Gasteiger partial charge on any atom is -0.0683 e. The average Bonchev–Trinajstić information content (AvgIpc) is 1.50. The van der Waals surface area contributed by atoms with Gasteiger partial charge in [0, 0.05) is 0 Å². The van der Waals surface area contributed by atoms with E-state index in [0.29, 0.717) is 0 Å². The molecule has 0 aliphatic heterocycles. The molecule has 0 saturated carbocycles. The van der Waals surface area contributed by atoms with Crippen molar-refractivity contribution in [3.05, 3.63) is 0 Å². The van der Waals surface area contributed by atoms with Gasteiger partial charge in [0.15, 0.2) is 0 Å². The van der Waals surface area contributed by atoms with Crippen LogP contribution in [0.5, 0.6) is 0 Å². The zero-order chi connectivity index (χ0) is 4.00. The highest BCUT2D eigenvalue weighted by Gasteiger charge is 0.934. The fourth-order valence-electron chi connectivity index (χ4n) is 0. The van der Waals surface area contributed by atoms with E-state index >= 15 is 0 Å². The molecule has 0 aliphatic rings. The first-order valence-electron chi connectivity index (χ1n) is 2.00. The van der Waals surface area contributed by atoms with Gasteiger partial charge in [-0.15, -0.1) is 0 Å². The van der Waals surface area contributed by atoms with Gasteiger partial charge in [-0.05, 0) is 0 Å². The van der Waals surface area contributed by atoms with Crippen molar-refractivity contribution in [3.8, 4) is 0 Å². The van der Waals surface area contributed by atoms with Crippen LogP contribution in [-0.4, -0.2) is 0 Å². The lowest BCUT2D eigenvalue weighted by Gasteiger charge is -1.07. The van der Waals surface area contributed by atoms with E-state index in [9.17, 15) is 0 Å². The lowest BCUT2D eigenvalue weighted by atomic mass is 11.0. The predicted molar refractivity (Wildman–Crippen MR) is 43.5 cm³/mol. The second kappa shape index (κ2) is 257. The summed E-state index contributed by atoms with van der Waals surface area (Å²) >= 11 is 0. The van der Waals surface area contributed by atoms with Gasteiger partial charge in [0.2, 0.25) is 0 Å². The minimum atomic E-state index is 0. The van der Waals surface area contributed by atoms with E-state index in [1.807, 2.05) is 27.7 Å². The summed E-state index contributed by atoms with van der Waals surface area (Å²) in [6.07, 6.45) is 0. The molecule has 0 aromatic heterocycles. The van der Waals surface area contributed by atoms with Crippen LogP contribution in [0.25, 0.3) is 0 Å². The first-order chi connectivity index (χ1) is 2.00. The van der Waals surface area contributed by atoms with Gasteiger partial charge in [-0.2, -0.15) is 27.0 Å². The minimum absolute atomic E-state index is 0. The number of rotatable bonds is 0. The first kappa shape index (κ1) is 29.9. The van der Waals surface area contributed by atoms with Crippen molar-refractivity contribution in [2.24, 2.45) is 0 Å². The molecule has 0 aromatic carbocycles. The average molecular weight is 128 g/mol. The molecule has 0 heterocycles. The van der Waals surface area contributed by atoms with Crippen LogP contribution in [0.4, 0.5) is 0 Å². The van der Waals surface area contributed by atoms with Crippen LogP contribution in [0.1, 0.15) is 27.7 Å². The third-order valence-corrected chi connectivity index (χ3v) is 0. The molecular weight excluding hydrogens is 112 g/mol. The van der Waals surface area contributed by atoms with Gasteiger partial charge in [-0.3, -0.25) is 0 Å². The van der Waals surface area contributed by atoms with Crippen LogP contribution in [0, 0.1) is 0 Å². The molecule has 0 saturated heterocycles. The summed E-state index contributed by atoms with van der Waals surface area (Å²) in [5, 5.41) is 0. The van der Waals surface area contributed by atoms with Crippen molar-refractivity contribution >= 4 is 27.0 Å². The zero-order valence-electron chi connectivity index (χ0n) is 5.00. The highest BCUT2D eigenvalue weighted by molar-refractivity contribution is 7.59. The van der Waals surface area contributed by atoms with Crippen LogP contribution < -0.4 is 0 Å². The predicted octanol–water partition coefficient (Wildman–Crippen LogP) is 2.28. The lowest BCUT2D eigenvalue weighted by molar-refractivity contribution is 1.50. The van der Waals surface area contributed by atoms with E-state index in [0.717, 1.165) is 0 Å². The Bertz CT molecular complexity index is 5.51. The second-order valence-electron chi connectivity index (χ2n) is 0. The fraction of sp³-hybridized carbons (Fsp3) is 1.00. The van der Waals surface area contributed by atoms with Gasteiger partial charge in [0.05, 0.1) is 0 Å². The molecular formula is C4H16S2. The zero-order valence-corrected chi connectivity index (χ0v) is 7.00. The lowest BCUT2D eigenvalue weighted by Crippen LogP contribution is -0.856. The SMILES string of the molecule is CC.CC.S.S. The summed E-state index contributed by atoms with van der Waals surface area (Å²) in [5.74, 6) is 0. The van der Waals surface area contributed by atoms with Crippen LogP contribution in [0.2, 0.25) is 0 Å². The maximum absolute atomic E-state index is 2.00. The molecule has 0 rings (SSSR count). The maximum atomic E-state index is 2.00. The molecule has 0 nitrogen and oxygen atoms in total. The van der Waals surface area contributed by atoms with E-state index in [-0.39, 0.29) is 27.0 Å². The van der Waals surface area contributed by atoms with Crippen LogP contribution in [-0.2, 0) is 0 Å². The van der Waals surface area contributed by atoms with Crippen LogP contribution in [0.3, 0.4) is 0 Å². The van der Waals surface area contributed by atoms with Crippen LogP contribution in [0.15, 0.2) is 0 Å². The van der Waals surface area contributed by atoms with E-state index in [1.165, 1.54) is 0 Å². The molecule has 2 heteroatoms. The fourth-order valence-corrected chi connectivity index (χ4v) is 0. The van der Waals surface area contributed by atoms with Gasteiger partial charge in [0.25, 0.3) is 0 Å².